The Bertz CT molecular complexity index is 299. The van der Waals surface area contributed by atoms with E-state index >= 15 is 0 Å². The molecule has 84 valence electrons. The third kappa shape index (κ3) is 4.91. The van der Waals surface area contributed by atoms with Gasteiger partial charge < -0.3 is 10.4 Å². The predicted molar refractivity (Wildman–Crippen MR) is 61.6 cm³/mol. The van der Waals surface area contributed by atoms with E-state index in [1.165, 1.54) is 11.1 Å². The Morgan fingerprint density at radius 2 is 2.13 bits per heavy atom. The van der Waals surface area contributed by atoms with Gasteiger partial charge in [-0.3, -0.25) is 4.98 Å². The second-order valence-corrected chi connectivity index (χ2v) is 4.24. The third-order valence-electron chi connectivity index (χ3n) is 2.28. The highest BCUT2D eigenvalue weighted by atomic mass is 16.3. The molecule has 1 aromatic rings. The number of nitrogens with one attached hydrogen (secondary N) is 1. The Kier molecular flexibility index (Phi) is 4.72. The second kappa shape index (κ2) is 5.83. The van der Waals surface area contributed by atoms with Crippen LogP contribution in [0.25, 0.3) is 0 Å². The summed E-state index contributed by atoms with van der Waals surface area (Å²) in [6, 6.07) is 2.44. The van der Waals surface area contributed by atoms with Crippen molar-refractivity contribution in [2.75, 3.05) is 0 Å². The molecule has 0 saturated carbocycles. The molecule has 0 spiro atoms. The highest BCUT2D eigenvalue weighted by molar-refractivity contribution is 5.16. The zero-order valence-electron chi connectivity index (χ0n) is 9.70. The fourth-order valence-corrected chi connectivity index (χ4v) is 1.60. The molecular formula is C12H20N2O. The number of aromatic nitrogens is 1. The topological polar surface area (TPSA) is 45.2 Å². The molecule has 2 N–H and O–H groups in total. The quantitative estimate of drug-likeness (QED) is 0.773. The van der Waals surface area contributed by atoms with Crippen LogP contribution in [0, 0.1) is 6.92 Å². The van der Waals surface area contributed by atoms with E-state index in [-0.39, 0.29) is 6.10 Å². The number of rotatable bonds is 5. The minimum Gasteiger partial charge on any atom is -0.393 e. The number of hydrogen-bond acceptors (Lipinski definition) is 3. The number of nitrogens with zero attached hydrogens (tertiary/aromatic N) is 1. The third-order valence-corrected chi connectivity index (χ3v) is 2.28. The number of aryl methyl sites for hydroxylation is 1. The highest BCUT2D eigenvalue weighted by Crippen LogP contribution is 2.03. The number of hydrogen-bond donors (Lipinski definition) is 2. The summed E-state index contributed by atoms with van der Waals surface area (Å²) < 4.78 is 0. The molecule has 0 fully saturated rings. The van der Waals surface area contributed by atoms with Crippen molar-refractivity contribution in [3.8, 4) is 0 Å². The van der Waals surface area contributed by atoms with Crippen molar-refractivity contribution in [2.45, 2.75) is 45.9 Å². The Labute approximate surface area is 91.5 Å². The summed E-state index contributed by atoms with van der Waals surface area (Å²) in [5.41, 5.74) is 2.37. The molecule has 0 radical (unpaired) electrons. The van der Waals surface area contributed by atoms with Crippen LogP contribution in [0.5, 0.6) is 0 Å². The highest BCUT2D eigenvalue weighted by Gasteiger charge is 2.05. The summed E-state index contributed by atoms with van der Waals surface area (Å²) in [5.74, 6) is 0. The fraction of sp³-hybridized carbons (Fsp3) is 0.583. The SMILES string of the molecule is Cc1cncc(CNC(C)CC(C)O)c1. The predicted octanol–water partition coefficient (Wildman–Crippen LogP) is 1.64. The van der Waals surface area contributed by atoms with Crippen molar-refractivity contribution in [3.63, 3.8) is 0 Å². The number of aliphatic hydroxyl groups excluding tert-OH is 1. The smallest absolute Gasteiger partial charge is 0.0526 e. The summed E-state index contributed by atoms with van der Waals surface area (Å²) in [6.45, 7) is 6.74. The lowest BCUT2D eigenvalue weighted by Crippen LogP contribution is -2.28. The van der Waals surface area contributed by atoms with Crippen LogP contribution >= 0.6 is 0 Å². The van der Waals surface area contributed by atoms with Gasteiger partial charge in [0.25, 0.3) is 0 Å². The first-order chi connectivity index (χ1) is 7.08. The molecule has 0 bridgehead atoms. The van der Waals surface area contributed by atoms with Crippen LogP contribution in [0.4, 0.5) is 0 Å². The molecule has 1 rings (SSSR count). The first-order valence-corrected chi connectivity index (χ1v) is 5.40. The first-order valence-electron chi connectivity index (χ1n) is 5.40. The van der Waals surface area contributed by atoms with Gasteiger partial charge in [-0.2, -0.15) is 0 Å². The molecule has 1 aromatic heterocycles. The van der Waals surface area contributed by atoms with Gasteiger partial charge in [-0.15, -0.1) is 0 Å². The lowest BCUT2D eigenvalue weighted by Gasteiger charge is -2.15. The maximum absolute atomic E-state index is 9.21. The summed E-state index contributed by atoms with van der Waals surface area (Å²) >= 11 is 0. The Morgan fingerprint density at radius 3 is 2.73 bits per heavy atom. The van der Waals surface area contributed by atoms with E-state index in [9.17, 15) is 5.11 Å². The Hall–Kier alpha value is -0.930. The minimum absolute atomic E-state index is 0.247. The van der Waals surface area contributed by atoms with Gasteiger partial charge in [0.2, 0.25) is 0 Å². The molecule has 0 aliphatic heterocycles. The maximum Gasteiger partial charge on any atom is 0.0526 e. The van der Waals surface area contributed by atoms with Crippen LogP contribution in [-0.4, -0.2) is 22.2 Å². The largest absolute Gasteiger partial charge is 0.393 e. The van der Waals surface area contributed by atoms with E-state index in [2.05, 4.69) is 23.3 Å². The summed E-state index contributed by atoms with van der Waals surface area (Å²) in [7, 11) is 0. The van der Waals surface area contributed by atoms with Crippen LogP contribution in [0.15, 0.2) is 18.5 Å². The molecule has 2 atom stereocenters. The molecular weight excluding hydrogens is 188 g/mol. The summed E-state index contributed by atoms with van der Waals surface area (Å²) in [4.78, 5) is 4.13. The van der Waals surface area contributed by atoms with Crippen LogP contribution in [-0.2, 0) is 6.54 Å². The summed E-state index contributed by atoms with van der Waals surface area (Å²) in [5, 5.41) is 12.6. The summed E-state index contributed by atoms with van der Waals surface area (Å²) in [6.07, 6.45) is 4.25. The fourth-order valence-electron chi connectivity index (χ4n) is 1.60. The van der Waals surface area contributed by atoms with Crippen molar-refractivity contribution in [2.24, 2.45) is 0 Å². The van der Waals surface area contributed by atoms with Crippen molar-refractivity contribution >= 4 is 0 Å². The zero-order valence-corrected chi connectivity index (χ0v) is 9.70. The van der Waals surface area contributed by atoms with Crippen molar-refractivity contribution in [3.05, 3.63) is 29.6 Å². The van der Waals surface area contributed by atoms with Gasteiger partial charge in [-0.1, -0.05) is 6.07 Å². The van der Waals surface area contributed by atoms with E-state index in [1.54, 1.807) is 0 Å². The molecule has 0 aromatic carbocycles. The van der Waals surface area contributed by atoms with Crippen LogP contribution in [0.2, 0.25) is 0 Å². The minimum atomic E-state index is -0.247. The van der Waals surface area contributed by atoms with E-state index in [1.807, 2.05) is 26.2 Å². The van der Waals surface area contributed by atoms with Gasteiger partial charge in [0.05, 0.1) is 6.10 Å². The molecule has 0 saturated heterocycles. The Morgan fingerprint density at radius 1 is 1.40 bits per heavy atom. The molecule has 2 unspecified atom stereocenters. The molecule has 3 nitrogen and oxygen atoms in total. The molecule has 0 aliphatic carbocycles. The average molecular weight is 208 g/mol. The zero-order chi connectivity index (χ0) is 11.3. The van der Waals surface area contributed by atoms with E-state index < -0.39 is 0 Å². The van der Waals surface area contributed by atoms with Gasteiger partial charge in [0.1, 0.15) is 0 Å². The monoisotopic (exact) mass is 208 g/mol. The van der Waals surface area contributed by atoms with Gasteiger partial charge in [0.15, 0.2) is 0 Å². The number of aliphatic hydroxyl groups is 1. The van der Waals surface area contributed by atoms with Gasteiger partial charge in [-0.25, -0.2) is 0 Å². The molecule has 0 amide bonds. The average Bonchev–Trinajstić information content (AvgIpc) is 2.14. The van der Waals surface area contributed by atoms with Gasteiger partial charge in [-0.05, 0) is 38.3 Å². The second-order valence-electron chi connectivity index (χ2n) is 4.24. The van der Waals surface area contributed by atoms with Crippen molar-refractivity contribution in [1.29, 1.82) is 0 Å². The lowest BCUT2D eigenvalue weighted by molar-refractivity contribution is 0.170. The van der Waals surface area contributed by atoms with Gasteiger partial charge >= 0.3 is 0 Å². The van der Waals surface area contributed by atoms with Crippen LogP contribution < -0.4 is 5.32 Å². The molecule has 1 heterocycles. The van der Waals surface area contributed by atoms with Crippen molar-refractivity contribution < 1.29 is 5.11 Å². The first kappa shape index (κ1) is 12.1. The van der Waals surface area contributed by atoms with Gasteiger partial charge in [0, 0.05) is 25.0 Å². The molecule has 3 heteroatoms. The maximum atomic E-state index is 9.21. The number of pyridine rings is 1. The van der Waals surface area contributed by atoms with Crippen LogP contribution in [0.1, 0.15) is 31.4 Å². The molecule has 15 heavy (non-hydrogen) atoms. The van der Waals surface area contributed by atoms with E-state index in [0.717, 1.165) is 13.0 Å². The van der Waals surface area contributed by atoms with E-state index in [0.29, 0.717) is 6.04 Å². The molecule has 0 aliphatic rings. The normalized spacial score (nSPS) is 14.9. The Balaban J connectivity index is 2.36. The van der Waals surface area contributed by atoms with Crippen molar-refractivity contribution in [1.82, 2.24) is 10.3 Å². The van der Waals surface area contributed by atoms with E-state index in [4.69, 9.17) is 0 Å². The lowest BCUT2D eigenvalue weighted by atomic mass is 10.1. The standard InChI is InChI=1S/C12H20N2O/c1-9-4-12(7-13-6-9)8-14-10(2)5-11(3)15/h4,6-7,10-11,14-15H,5,8H2,1-3H3. The van der Waals surface area contributed by atoms with Crippen LogP contribution in [0.3, 0.4) is 0 Å².